The highest BCUT2D eigenvalue weighted by Crippen LogP contribution is 2.31. The molecule has 0 aromatic heterocycles. The average Bonchev–Trinajstić information content (AvgIpc) is 2.88. The van der Waals surface area contributed by atoms with Crippen LogP contribution in [0.2, 0.25) is 0 Å². The molecule has 3 N–H and O–H groups in total. The first-order valence-corrected chi connectivity index (χ1v) is 15.1. The molecule has 1 heterocycles. The van der Waals surface area contributed by atoms with Gasteiger partial charge in [-0.25, -0.2) is 8.42 Å². The van der Waals surface area contributed by atoms with Crippen LogP contribution in [0.25, 0.3) is 0 Å². The highest BCUT2D eigenvalue weighted by Gasteiger charge is 2.32. The predicted molar refractivity (Wildman–Crippen MR) is 151 cm³/mol. The van der Waals surface area contributed by atoms with E-state index in [0.29, 0.717) is 0 Å². The number of nitrogens with zero attached hydrogens (tertiary/aromatic N) is 1. The minimum absolute atomic E-state index is 0. The van der Waals surface area contributed by atoms with Crippen LogP contribution in [-0.4, -0.2) is 60.5 Å². The lowest BCUT2D eigenvalue weighted by molar-refractivity contribution is -0.135. The molecule has 0 spiro atoms. The van der Waals surface area contributed by atoms with Gasteiger partial charge in [-0.3, -0.25) is 9.69 Å². The van der Waals surface area contributed by atoms with Crippen molar-refractivity contribution in [2.75, 3.05) is 18.8 Å². The average molecular weight is 545 g/mol. The third-order valence-electron chi connectivity index (χ3n) is 7.62. The van der Waals surface area contributed by atoms with Gasteiger partial charge in [-0.05, 0) is 85.5 Å². The van der Waals surface area contributed by atoms with E-state index in [0.717, 1.165) is 50.0 Å². The summed E-state index contributed by atoms with van der Waals surface area (Å²) in [6, 6.07) is 12.6. The van der Waals surface area contributed by atoms with Gasteiger partial charge in [0.15, 0.2) is 15.9 Å². The molecule has 1 fully saturated rings. The topological polar surface area (TPSA) is 107 Å². The van der Waals surface area contributed by atoms with Gasteiger partial charge in [-0.15, -0.1) is 0 Å². The Morgan fingerprint density at radius 2 is 1.71 bits per heavy atom. The van der Waals surface area contributed by atoms with Gasteiger partial charge >= 0.3 is 0 Å². The second-order valence-electron chi connectivity index (χ2n) is 10.8. The molecule has 1 aliphatic carbocycles. The lowest BCUT2D eigenvalue weighted by Crippen LogP contribution is -2.46. The number of hydrogen-bond donors (Lipinski definition) is 3. The number of amides is 1. The second kappa shape index (κ2) is 13.2. The van der Waals surface area contributed by atoms with Crippen molar-refractivity contribution in [2.24, 2.45) is 0 Å². The smallest absolute Gasteiger partial charge is 0.252 e. The maximum Gasteiger partial charge on any atom is 0.252 e. The van der Waals surface area contributed by atoms with Crippen LogP contribution >= 0.6 is 0 Å². The molecule has 0 saturated carbocycles. The summed E-state index contributed by atoms with van der Waals surface area (Å²) in [6.07, 6.45) is 2.81. The van der Waals surface area contributed by atoms with Gasteiger partial charge in [0.2, 0.25) is 0 Å². The van der Waals surface area contributed by atoms with Gasteiger partial charge in [0.1, 0.15) is 6.10 Å². The number of piperidine rings is 1. The summed E-state index contributed by atoms with van der Waals surface area (Å²) in [5, 5.41) is 23.8. The fraction of sp³-hybridized carbons (Fsp3) is 0.567. The van der Waals surface area contributed by atoms with Crippen LogP contribution in [0, 0.1) is 0 Å². The van der Waals surface area contributed by atoms with Gasteiger partial charge < -0.3 is 15.5 Å². The summed E-state index contributed by atoms with van der Waals surface area (Å²) in [6.45, 7) is 7.23. The molecular formula is C30H44N2O5S. The van der Waals surface area contributed by atoms with Crippen LogP contribution in [0.3, 0.4) is 0 Å². The zero-order chi connectivity index (χ0) is 26.6. The zero-order valence-corrected chi connectivity index (χ0v) is 22.7. The van der Waals surface area contributed by atoms with Crippen molar-refractivity contribution in [1.29, 1.82) is 0 Å². The van der Waals surface area contributed by atoms with Crippen LogP contribution in [0.5, 0.6) is 0 Å². The molecule has 210 valence electrons. The van der Waals surface area contributed by atoms with E-state index in [2.05, 4.69) is 28.4 Å². The number of aliphatic hydroxyl groups is 2. The molecule has 2 aliphatic rings. The Balaban J connectivity index is 0.00000400. The molecule has 4 rings (SSSR count). The third kappa shape index (κ3) is 7.44. The molecule has 1 saturated heterocycles. The van der Waals surface area contributed by atoms with Gasteiger partial charge in [-0.1, -0.05) is 58.0 Å². The second-order valence-corrected chi connectivity index (χ2v) is 12.9. The number of aliphatic hydroxyl groups excluding tert-OH is 2. The van der Waals surface area contributed by atoms with E-state index in [1.165, 1.54) is 42.5 Å². The van der Waals surface area contributed by atoms with Crippen LogP contribution < -0.4 is 5.32 Å². The molecule has 8 heteroatoms. The molecule has 3 atom stereocenters. The zero-order valence-electron chi connectivity index (χ0n) is 21.9. The van der Waals surface area contributed by atoms with E-state index in [9.17, 15) is 23.4 Å². The van der Waals surface area contributed by atoms with Crippen LogP contribution in [0.15, 0.2) is 47.4 Å². The Morgan fingerprint density at radius 3 is 2.37 bits per heavy atom. The summed E-state index contributed by atoms with van der Waals surface area (Å²) in [5.74, 6) is -1.23. The summed E-state index contributed by atoms with van der Waals surface area (Å²) in [5.41, 5.74) is 4.51. The summed E-state index contributed by atoms with van der Waals surface area (Å²) < 4.78 is 25.5. The number of hydrogen-bond acceptors (Lipinski definition) is 6. The highest BCUT2D eigenvalue weighted by molar-refractivity contribution is 7.91. The Bertz CT molecular complexity index is 1170. The SMILES string of the molecule is C.CC(C)c1ccc(S(=O)(=O)C[C@@H](O)[C@@H](O)C(=O)N[C@@H]2CCCc3cc(CN4CCCCC4)ccc32)cc1. The lowest BCUT2D eigenvalue weighted by Gasteiger charge is -2.30. The number of fused-ring (bicyclic) bond motifs is 1. The van der Waals surface area contributed by atoms with Gasteiger partial charge in [-0.2, -0.15) is 0 Å². The van der Waals surface area contributed by atoms with Gasteiger partial charge in [0.05, 0.1) is 16.7 Å². The van der Waals surface area contributed by atoms with Crippen LogP contribution in [0.1, 0.15) is 87.6 Å². The maximum atomic E-state index is 12.8. The fourth-order valence-electron chi connectivity index (χ4n) is 5.40. The Labute approximate surface area is 228 Å². The minimum atomic E-state index is -3.87. The van der Waals surface area contributed by atoms with E-state index < -0.39 is 33.7 Å². The molecule has 0 radical (unpaired) electrons. The first-order chi connectivity index (χ1) is 17.6. The van der Waals surface area contributed by atoms with Crippen molar-refractivity contribution in [2.45, 2.75) is 95.4 Å². The van der Waals surface area contributed by atoms with E-state index >= 15 is 0 Å². The van der Waals surface area contributed by atoms with Crippen LogP contribution in [-0.2, 0) is 27.6 Å². The van der Waals surface area contributed by atoms with Crippen molar-refractivity contribution in [3.8, 4) is 0 Å². The predicted octanol–water partition coefficient (Wildman–Crippen LogP) is 4.12. The van der Waals surface area contributed by atoms with E-state index in [1.807, 2.05) is 13.8 Å². The molecule has 0 unspecified atom stereocenters. The Morgan fingerprint density at radius 1 is 1.03 bits per heavy atom. The molecule has 2 aromatic carbocycles. The number of benzene rings is 2. The number of sulfone groups is 1. The van der Waals surface area contributed by atoms with E-state index in [1.54, 1.807) is 12.1 Å². The van der Waals surface area contributed by atoms with Crippen molar-refractivity contribution >= 4 is 15.7 Å². The largest absolute Gasteiger partial charge is 0.389 e. The van der Waals surface area contributed by atoms with Gasteiger partial charge in [0, 0.05) is 6.54 Å². The summed E-state index contributed by atoms with van der Waals surface area (Å²) >= 11 is 0. The molecule has 7 nitrogen and oxygen atoms in total. The summed E-state index contributed by atoms with van der Waals surface area (Å²) in [4.78, 5) is 15.4. The van der Waals surface area contributed by atoms with Crippen molar-refractivity contribution < 1.29 is 23.4 Å². The number of carbonyl (C=O) groups excluding carboxylic acids is 1. The fourth-order valence-corrected chi connectivity index (χ4v) is 6.77. The number of carbonyl (C=O) groups is 1. The standard InChI is InChI=1S/C29H40N2O5S.CH4/c1-20(2)22-10-12-24(13-11-22)37(35,36)19-27(32)28(33)29(34)30-26-8-6-7-23-17-21(9-14-25(23)26)18-31-15-4-3-5-16-31;/h9-14,17,20,26-28,32-33H,3-8,15-16,18-19H2,1-2H3,(H,30,34);1H4/t26-,27-,28-;/m1./s1. The molecule has 1 amide bonds. The molecule has 0 bridgehead atoms. The number of nitrogens with one attached hydrogen (secondary N) is 1. The number of rotatable bonds is 9. The first-order valence-electron chi connectivity index (χ1n) is 13.5. The summed E-state index contributed by atoms with van der Waals surface area (Å²) in [7, 11) is -3.87. The van der Waals surface area contributed by atoms with Crippen LogP contribution in [0.4, 0.5) is 0 Å². The lowest BCUT2D eigenvalue weighted by atomic mass is 9.86. The molecule has 38 heavy (non-hydrogen) atoms. The molecule has 2 aromatic rings. The van der Waals surface area contributed by atoms with Crippen molar-refractivity contribution in [1.82, 2.24) is 10.2 Å². The van der Waals surface area contributed by atoms with E-state index in [4.69, 9.17) is 0 Å². The Kier molecular flexibility index (Phi) is 10.5. The quantitative estimate of drug-likeness (QED) is 0.438. The minimum Gasteiger partial charge on any atom is -0.389 e. The maximum absolute atomic E-state index is 12.8. The Hall–Kier alpha value is -2.26. The first kappa shape index (κ1) is 30.3. The van der Waals surface area contributed by atoms with Crippen molar-refractivity contribution in [3.05, 3.63) is 64.7 Å². The highest BCUT2D eigenvalue weighted by atomic mass is 32.2. The third-order valence-corrected chi connectivity index (χ3v) is 9.39. The van der Waals surface area contributed by atoms with Crippen molar-refractivity contribution in [3.63, 3.8) is 0 Å². The van der Waals surface area contributed by atoms with E-state index in [-0.39, 0.29) is 24.3 Å². The molecule has 1 aliphatic heterocycles. The van der Waals surface area contributed by atoms with Gasteiger partial charge in [0.25, 0.3) is 5.91 Å². The molecular weight excluding hydrogens is 500 g/mol. The number of likely N-dealkylation sites (tertiary alicyclic amines) is 1. The normalized spacial score (nSPS) is 19.8. The number of aryl methyl sites for hydroxylation is 1. The monoisotopic (exact) mass is 544 g/mol.